The molecule has 4 aromatic rings. The summed E-state index contributed by atoms with van der Waals surface area (Å²) in [5.41, 5.74) is 0.707. The maximum atomic E-state index is 13.1. The third-order valence-corrected chi connectivity index (χ3v) is 6.68. The van der Waals surface area contributed by atoms with Crippen LogP contribution in [0.15, 0.2) is 63.1 Å². The molecule has 0 bridgehead atoms. The Morgan fingerprint density at radius 2 is 2.07 bits per heavy atom. The highest BCUT2D eigenvalue weighted by Crippen LogP contribution is 2.34. The summed E-state index contributed by atoms with van der Waals surface area (Å²) in [6.07, 6.45) is 0. The number of benzene rings is 1. The van der Waals surface area contributed by atoms with E-state index in [2.05, 4.69) is 10.5 Å². The Balaban J connectivity index is 1.64. The lowest BCUT2D eigenvalue weighted by atomic mass is 9.94. The second-order valence-corrected chi connectivity index (χ2v) is 8.61. The largest absolute Gasteiger partial charge is 0.378 e. The van der Waals surface area contributed by atoms with Crippen LogP contribution in [0, 0.1) is 6.92 Å². The number of aryl methyl sites for hydroxylation is 1. The zero-order valence-corrected chi connectivity index (χ0v) is 17.8. The van der Waals surface area contributed by atoms with Gasteiger partial charge in [0.2, 0.25) is 0 Å². The minimum Gasteiger partial charge on any atom is -0.378 e. The molecule has 1 aromatic carbocycles. The van der Waals surface area contributed by atoms with Gasteiger partial charge >= 0.3 is 0 Å². The Labute approximate surface area is 180 Å². The van der Waals surface area contributed by atoms with Gasteiger partial charge in [0.25, 0.3) is 5.91 Å². The Morgan fingerprint density at radius 3 is 2.76 bits per heavy atom. The number of rotatable bonds is 6. The third kappa shape index (κ3) is 3.74. The van der Waals surface area contributed by atoms with Crippen molar-refractivity contribution in [3.05, 3.63) is 85.4 Å². The van der Waals surface area contributed by atoms with Gasteiger partial charge in [-0.1, -0.05) is 41.0 Å². The van der Waals surface area contributed by atoms with Crippen LogP contribution in [0.4, 0.5) is 0 Å². The Bertz CT molecular complexity index is 1090. The molecule has 8 heteroatoms. The van der Waals surface area contributed by atoms with Crippen LogP contribution in [0.1, 0.15) is 26.6 Å². The highest BCUT2D eigenvalue weighted by Gasteiger charge is 2.34. The predicted octanol–water partition coefficient (Wildman–Crippen LogP) is 5.09. The van der Waals surface area contributed by atoms with Gasteiger partial charge in [-0.25, -0.2) is 0 Å². The number of nitrogens with zero attached hydrogens (tertiary/aromatic N) is 1. The average Bonchev–Trinajstić information content (AvgIpc) is 3.47. The Hall–Kier alpha value is -2.45. The van der Waals surface area contributed by atoms with Crippen LogP contribution in [0.3, 0.4) is 0 Å². The third-order valence-electron chi connectivity index (χ3n) is 4.65. The number of aromatic nitrogens is 1. The first-order valence-electron chi connectivity index (χ1n) is 8.79. The van der Waals surface area contributed by atoms with Gasteiger partial charge in [0.15, 0.2) is 0 Å². The summed E-state index contributed by atoms with van der Waals surface area (Å²) < 4.78 is 5.27. The lowest BCUT2D eigenvalue weighted by Crippen LogP contribution is -2.41. The van der Waals surface area contributed by atoms with Crippen molar-refractivity contribution in [1.29, 1.82) is 0 Å². The molecular formula is C21H17ClN2O3S2. The number of halogens is 1. The SMILES string of the molecule is Cc1onc(-c2ccccc2Cl)c1C(=O)NC[C@@](O)(c1ccsc1)c1cccs1. The van der Waals surface area contributed by atoms with Gasteiger partial charge in [-0.15, -0.1) is 11.3 Å². The summed E-state index contributed by atoms with van der Waals surface area (Å²) >= 11 is 9.21. The molecule has 0 fully saturated rings. The molecule has 3 heterocycles. The zero-order valence-electron chi connectivity index (χ0n) is 15.4. The van der Waals surface area contributed by atoms with Crippen LogP contribution in [0.25, 0.3) is 11.3 Å². The lowest BCUT2D eigenvalue weighted by Gasteiger charge is -2.27. The van der Waals surface area contributed by atoms with E-state index in [0.717, 1.165) is 10.4 Å². The molecule has 4 rings (SSSR count). The Kier molecular flexibility index (Phi) is 5.56. The molecule has 2 N–H and O–H groups in total. The van der Waals surface area contributed by atoms with Crippen LogP contribution < -0.4 is 5.32 Å². The number of aliphatic hydroxyl groups is 1. The quantitative estimate of drug-likeness (QED) is 0.434. The van der Waals surface area contributed by atoms with E-state index in [-0.39, 0.29) is 12.5 Å². The van der Waals surface area contributed by atoms with Gasteiger partial charge in [0.1, 0.15) is 22.6 Å². The van der Waals surface area contributed by atoms with Crippen LogP contribution in [-0.4, -0.2) is 22.7 Å². The summed E-state index contributed by atoms with van der Waals surface area (Å²) in [7, 11) is 0. The second kappa shape index (κ2) is 8.12. The van der Waals surface area contributed by atoms with Gasteiger partial charge in [0.05, 0.1) is 11.6 Å². The smallest absolute Gasteiger partial charge is 0.257 e. The molecule has 0 aliphatic heterocycles. The molecule has 1 amide bonds. The summed E-state index contributed by atoms with van der Waals surface area (Å²) in [6, 6.07) is 12.7. The van der Waals surface area contributed by atoms with Crippen LogP contribution >= 0.6 is 34.3 Å². The van der Waals surface area contributed by atoms with Crippen molar-refractivity contribution in [2.24, 2.45) is 0 Å². The first-order chi connectivity index (χ1) is 14.0. The maximum Gasteiger partial charge on any atom is 0.257 e. The van der Waals surface area contributed by atoms with Crippen LogP contribution in [-0.2, 0) is 5.60 Å². The topological polar surface area (TPSA) is 75.4 Å². The fourth-order valence-corrected chi connectivity index (χ4v) is 4.91. The van der Waals surface area contributed by atoms with E-state index in [1.54, 1.807) is 25.1 Å². The van der Waals surface area contributed by atoms with Crippen molar-refractivity contribution in [2.75, 3.05) is 6.54 Å². The van der Waals surface area contributed by atoms with Crippen LogP contribution in [0.2, 0.25) is 5.02 Å². The zero-order chi connectivity index (χ0) is 20.4. The molecule has 0 saturated heterocycles. The molecule has 0 spiro atoms. The highest BCUT2D eigenvalue weighted by molar-refractivity contribution is 7.10. The number of carbonyl (C=O) groups is 1. The number of nitrogens with one attached hydrogen (secondary N) is 1. The maximum absolute atomic E-state index is 13.1. The predicted molar refractivity (Wildman–Crippen MR) is 116 cm³/mol. The molecule has 1 atom stereocenters. The normalized spacial score (nSPS) is 13.2. The van der Waals surface area contributed by atoms with Gasteiger partial charge in [-0.3, -0.25) is 4.79 Å². The van der Waals surface area contributed by atoms with E-state index in [1.165, 1.54) is 22.7 Å². The first-order valence-corrected chi connectivity index (χ1v) is 11.0. The molecule has 5 nitrogen and oxygen atoms in total. The van der Waals surface area contributed by atoms with Crippen molar-refractivity contribution >= 4 is 40.2 Å². The molecular weight excluding hydrogens is 428 g/mol. The summed E-state index contributed by atoms with van der Waals surface area (Å²) in [4.78, 5) is 13.8. The number of carbonyl (C=O) groups excluding carboxylic acids is 1. The van der Waals surface area contributed by atoms with Gasteiger partial charge in [-0.2, -0.15) is 11.3 Å². The summed E-state index contributed by atoms with van der Waals surface area (Å²) in [6.45, 7) is 1.68. The first kappa shape index (κ1) is 19.8. The molecule has 0 aliphatic carbocycles. The lowest BCUT2D eigenvalue weighted by molar-refractivity contribution is 0.0720. The van der Waals surface area contributed by atoms with Gasteiger partial charge in [0, 0.05) is 16.0 Å². The summed E-state index contributed by atoms with van der Waals surface area (Å²) in [5.74, 6) is -0.00324. The molecule has 0 saturated carbocycles. The minimum atomic E-state index is -1.32. The Morgan fingerprint density at radius 1 is 1.24 bits per heavy atom. The molecule has 0 unspecified atom stereocenters. The van der Waals surface area contributed by atoms with Crippen LogP contribution in [0.5, 0.6) is 0 Å². The number of amides is 1. The fraction of sp³-hybridized carbons (Fsp3) is 0.143. The second-order valence-electron chi connectivity index (χ2n) is 6.47. The van der Waals surface area contributed by atoms with Gasteiger partial charge in [-0.05, 0) is 41.3 Å². The van der Waals surface area contributed by atoms with E-state index >= 15 is 0 Å². The van der Waals surface area contributed by atoms with E-state index in [0.29, 0.717) is 27.6 Å². The molecule has 0 aliphatic rings. The molecule has 0 radical (unpaired) electrons. The standard InChI is InChI=1S/C21H17ClN2O3S2/c1-13-18(19(24-27-13)15-5-2-3-6-16(15)22)20(25)23-12-21(26,14-8-10-28-11-14)17-7-4-9-29-17/h2-11,26H,12H2,1H3,(H,23,25)/t21-/m1/s1. The van der Waals surface area contributed by atoms with E-state index < -0.39 is 5.60 Å². The minimum absolute atomic E-state index is 0.00959. The van der Waals surface area contributed by atoms with Gasteiger partial charge < -0.3 is 14.9 Å². The molecule has 148 valence electrons. The summed E-state index contributed by atoms with van der Waals surface area (Å²) in [5, 5.41) is 24.5. The van der Waals surface area contributed by atoms with Crippen molar-refractivity contribution in [3.63, 3.8) is 0 Å². The van der Waals surface area contributed by atoms with Crippen molar-refractivity contribution in [1.82, 2.24) is 10.5 Å². The van der Waals surface area contributed by atoms with Crippen molar-refractivity contribution in [3.8, 4) is 11.3 Å². The average molecular weight is 445 g/mol. The highest BCUT2D eigenvalue weighted by atomic mass is 35.5. The number of hydrogen-bond acceptors (Lipinski definition) is 6. The van der Waals surface area contributed by atoms with E-state index in [4.69, 9.17) is 16.1 Å². The monoisotopic (exact) mass is 444 g/mol. The molecule has 29 heavy (non-hydrogen) atoms. The van der Waals surface area contributed by atoms with E-state index in [9.17, 15) is 9.90 Å². The fourth-order valence-electron chi connectivity index (χ4n) is 3.12. The molecule has 3 aromatic heterocycles. The van der Waals surface area contributed by atoms with Crippen molar-refractivity contribution in [2.45, 2.75) is 12.5 Å². The van der Waals surface area contributed by atoms with Crippen molar-refractivity contribution < 1.29 is 14.4 Å². The van der Waals surface area contributed by atoms with E-state index in [1.807, 2.05) is 40.4 Å². The number of thiophene rings is 2. The number of hydrogen-bond donors (Lipinski definition) is 2.